The Hall–Kier alpha value is -0.760. The molecule has 1 unspecified atom stereocenters. The van der Waals surface area contributed by atoms with Crippen LogP contribution in [0.4, 0.5) is 0 Å². The first-order valence-corrected chi connectivity index (χ1v) is 6.92. The van der Waals surface area contributed by atoms with Crippen molar-refractivity contribution in [2.75, 3.05) is 5.75 Å². The van der Waals surface area contributed by atoms with E-state index in [4.69, 9.17) is 0 Å². The molecular weight excluding hydrogens is 216 g/mol. The Kier molecular flexibility index (Phi) is 3.38. The second-order valence-corrected chi connectivity index (χ2v) is 6.16. The molecule has 2 heteroatoms. The summed E-state index contributed by atoms with van der Waals surface area (Å²) in [7, 11) is 0. The highest BCUT2D eigenvalue weighted by atomic mass is 32.2. The Bertz CT molecular complexity index is 374. The quantitative estimate of drug-likeness (QED) is 0.741. The summed E-state index contributed by atoms with van der Waals surface area (Å²) in [5.74, 6) is 1.42. The second-order valence-electron chi connectivity index (χ2n) is 4.56. The summed E-state index contributed by atoms with van der Waals surface area (Å²) in [5, 5.41) is 0. The first-order chi connectivity index (χ1) is 7.65. The number of Topliss-reactive ketones (excluding diaryl/α,β-unsaturated/α-hetero) is 1. The third kappa shape index (κ3) is 2.17. The fourth-order valence-corrected chi connectivity index (χ4v) is 3.43. The highest BCUT2D eigenvalue weighted by Gasteiger charge is 2.37. The molecule has 16 heavy (non-hydrogen) atoms. The molecule has 1 aromatic rings. The van der Waals surface area contributed by atoms with Gasteiger partial charge in [-0.05, 0) is 37.5 Å². The standard InChI is InChI=1S/C14H18OS/c1-3-11-5-7-12(8-6-11)13(15)14(2)9-4-10-16-14/h5-8H,3-4,9-10H2,1-2H3. The Morgan fingerprint density at radius 1 is 1.38 bits per heavy atom. The van der Waals surface area contributed by atoms with Crippen molar-refractivity contribution in [3.8, 4) is 0 Å². The van der Waals surface area contributed by atoms with Crippen LogP contribution in [0.3, 0.4) is 0 Å². The molecule has 1 aliphatic rings. The van der Waals surface area contributed by atoms with Crippen LogP contribution in [-0.4, -0.2) is 16.3 Å². The Morgan fingerprint density at radius 3 is 2.56 bits per heavy atom. The molecule has 1 aromatic carbocycles. The smallest absolute Gasteiger partial charge is 0.178 e. The van der Waals surface area contributed by atoms with Gasteiger partial charge in [-0.2, -0.15) is 0 Å². The van der Waals surface area contributed by atoms with E-state index in [-0.39, 0.29) is 4.75 Å². The normalized spacial score (nSPS) is 24.6. The summed E-state index contributed by atoms with van der Waals surface area (Å²) < 4.78 is -0.173. The molecule has 1 aliphatic heterocycles. The van der Waals surface area contributed by atoms with Crippen molar-refractivity contribution < 1.29 is 4.79 Å². The lowest BCUT2D eigenvalue weighted by molar-refractivity contribution is 0.0949. The van der Waals surface area contributed by atoms with E-state index in [1.54, 1.807) is 0 Å². The van der Waals surface area contributed by atoms with E-state index in [1.165, 1.54) is 12.0 Å². The van der Waals surface area contributed by atoms with Crippen LogP contribution < -0.4 is 0 Å². The zero-order chi connectivity index (χ0) is 11.6. The number of ketones is 1. The van der Waals surface area contributed by atoms with E-state index in [0.29, 0.717) is 5.78 Å². The maximum atomic E-state index is 12.3. The van der Waals surface area contributed by atoms with Crippen LogP contribution in [0.5, 0.6) is 0 Å². The fraction of sp³-hybridized carbons (Fsp3) is 0.500. The number of hydrogen-bond acceptors (Lipinski definition) is 2. The predicted octanol–water partition coefficient (Wildman–Crippen LogP) is 3.72. The van der Waals surface area contributed by atoms with Crippen molar-refractivity contribution in [2.45, 2.75) is 37.9 Å². The van der Waals surface area contributed by atoms with Gasteiger partial charge in [-0.25, -0.2) is 0 Å². The number of thioether (sulfide) groups is 1. The molecule has 1 nitrogen and oxygen atoms in total. The number of carbonyl (C=O) groups is 1. The van der Waals surface area contributed by atoms with Crippen molar-refractivity contribution in [3.63, 3.8) is 0 Å². The highest BCUT2D eigenvalue weighted by Crippen LogP contribution is 2.40. The molecular formula is C14H18OS. The van der Waals surface area contributed by atoms with Crippen LogP contribution in [-0.2, 0) is 6.42 Å². The lowest BCUT2D eigenvalue weighted by Gasteiger charge is -2.20. The van der Waals surface area contributed by atoms with E-state index in [9.17, 15) is 4.79 Å². The lowest BCUT2D eigenvalue weighted by Crippen LogP contribution is -2.28. The molecule has 0 saturated carbocycles. The van der Waals surface area contributed by atoms with Crippen LogP contribution >= 0.6 is 11.8 Å². The van der Waals surface area contributed by atoms with E-state index >= 15 is 0 Å². The number of aryl methyl sites for hydroxylation is 1. The SMILES string of the molecule is CCc1ccc(C(=O)C2(C)CCCS2)cc1. The molecule has 0 aliphatic carbocycles. The minimum Gasteiger partial charge on any atom is -0.293 e. The van der Waals surface area contributed by atoms with Gasteiger partial charge in [0.15, 0.2) is 5.78 Å². The molecule has 1 fully saturated rings. The minimum absolute atomic E-state index is 0.173. The van der Waals surface area contributed by atoms with Crippen LogP contribution in [0.1, 0.15) is 42.6 Å². The number of hydrogen-bond donors (Lipinski definition) is 0. The zero-order valence-electron chi connectivity index (χ0n) is 9.95. The van der Waals surface area contributed by atoms with Crippen LogP contribution in [0, 0.1) is 0 Å². The minimum atomic E-state index is -0.173. The molecule has 0 N–H and O–H groups in total. The fourth-order valence-electron chi connectivity index (χ4n) is 2.16. The molecule has 0 radical (unpaired) electrons. The molecule has 1 atom stereocenters. The summed E-state index contributed by atoms with van der Waals surface area (Å²) in [6.45, 7) is 4.21. The summed E-state index contributed by atoms with van der Waals surface area (Å²) in [6.07, 6.45) is 3.21. The topological polar surface area (TPSA) is 17.1 Å². The van der Waals surface area contributed by atoms with Gasteiger partial charge in [0.2, 0.25) is 0 Å². The van der Waals surface area contributed by atoms with Gasteiger partial charge >= 0.3 is 0 Å². The van der Waals surface area contributed by atoms with Crippen LogP contribution in [0.2, 0.25) is 0 Å². The monoisotopic (exact) mass is 234 g/mol. The summed E-state index contributed by atoms with van der Waals surface area (Å²) >= 11 is 1.81. The van der Waals surface area contributed by atoms with E-state index < -0.39 is 0 Å². The van der Waals surface area contributed by atoms with E-state index in [1.807, 2.05) is 23.9 Å². The first-order valence-electron chi connectivity index (χ1n) is 5.93. The molecule has 0 bridgehead atoms. The third-order valence-corrected chi connectivity index (χ3v) is 4.84. The molecule has 1 saturated heterocycles. The Labute approximate surface area is 102 Å². The van der Waals surface area contributed by atoms with E-state index in [0.717, 1.165) is 24.2 Å². The van der Waals surface area contributed by atoms with E-state index in [2.05, 4.69) is 26.0 Å². The van der Waals surface area contributed by atoms with Gasteiger partial charge in [-0.1, -0.05) is 31.2 Å². The van der Waals surface area contributed by atoms with Crippen molar-refractivity contribution in [3.05, 3.63) is 35.4 Å². The maximum Gasteiger partial charge on any atom is 0.178 e. The number of carbonyl (C=O) groups excluding carboxylic acids is 1. The summed E-state index contributed by atoms with van der Waals surface area (Å²) in [5.41, 5.74) is 2.16. The largest absolute Gasteiger partial charge is 0.293 e. The summed E-state index contributed by atoms with van der Waals surface area (Å²) in [4.78, 5) is 12.3. The zero-order valence-corrected chi connectivity index (χ0v) is 10.8. The number of benzene rings is 1. The van der Waals surface area contributed by atoms with Gasteiger partial charge in [-0.3, -0.25) is 4.79 Å². The molecule has 0 aromatic heterocycles. The molecule has 2 rings (SSSR count). The lowest BCUT2D eigenvalue weighted by atomic mass is 9.94. The highest BCUT2D eigenvalue weighted by molar-refractivity contribution is 8.01. The van der Waals surface area contributed by atoms with Gasteiger partial charge in [0, 0.05) is 5.56 Å². The van der Waals surface area contributed by atoms with Gasteiger partial charge in [0.25, 0.3) is 0 Å². The molecule has 0 spiro atoms. The molecule has 0 amide bonds. The third-order valence-electron chi connectivity index (χ3n) is 3.32. The Morgan fingerprint density at radius 2 is 2.06 bits per heavy atom. The van der Waals surface area contributed by atoms with Crippen molar-refractivity contribution in [1.29, 1.82) is 0 Å². The summed E-state index contributed by atoms with van der Waals surface area (Å²) in [6, 6.07) is 8.09. The van der Waals surface area contributed by atoms with Crippen molar-refractivity contribution >= 4 is 17.5 Å². The Balaban J connectivity index is 2.20. The van der Waals surface area contributed by atoms with Crippen molar-refractivity contribution in [2.24, 2.45) is 0 Å². The van der Waals surface area contributed by atoms with Gasteiger partial charge in [0.05, 0.1) is 4.75 Å². The van der Waals surface area contributed by atoms with Gasteiger partial charge in [0.1, 0.15) is 0 Å². The average molecular weight is 234 g/mol. The second kappa shape index (κ2) is 4.62. The molecule has 86 valence electrons. The van der Waals surface area contributed by atoms with Crippen molar-refractivity contribution in [1.82, 2.24) is 0 Å². The van der Waals surface area contributed by atoms with Gasteiger partial charge in [-0.15, -0.1) is 11.8 Å². The average Bonchev–Trinajstić information content (AvgIpc) is 2.77. The predicted molar refractivity (Wildman–Crippen MR) is 70.2 cm³/mol. The number of rotatable bonds is 3. The first kappa shape index (κ1) is 11.7. The van der Waals surface area contributed by atoms with Crippen LogP contribution in [0.25, 0.3) is 0 Å². The maximum absolute atomic E-state index is 12.3. The molecule has 1 heterocycles. The van der Waals surface area contributed by atoms with Gasteiger partial charge < -0.3 is 0 Å². The van der Waals surface area contributed by atoms with Crippen LogP contribution in [0.15, 0.2) is 24.3 Å².